The van der Waals surface area contributed by atoms with Crippen LogP contribution in [-0.4, -0.2) is 63.6 Å². The molecule has 1 heterocycles. The Kier molecular flexibility index (Phi) is 7.38. The molecule has 1 aliphatic heterocycles. The molecule has 0 aromatic heterocycles. The van der Waals surface area contributed by atoms with E-state index in [0.29, 0.717) is 10.9 Å². The Hall–Kier alpha value is -1.57. The van der Waals surface area contributed by atoms with Crippen molar-refractivity contribution in [1.82, 2.24) is 10.2 Å². The summed E-state index contributed by atoms with van der Waals surface area (Å²) < 4.78 is 15.9. The quantitative estimate of drug-likeness (QED) is 0.579. The lowest BCUT2D eigenvalue weighted by atomic mass is 10.2. The van der Waals surface area contributed by atoms with Crippen LogP contribution in [-0.2, 0) is 4.74 Å². The SMILES string of the molecule is COc1ccc(NC(=S)NCCCN2CCOCC2)c(OC)c1. The summed E-state index contributed by atoms with van der Waals surface area (Å²) in [6, 6.07) is 5.58. The summed E-state index contributed by atoms with van der Waals surface area (Å²) in [5.74, 6) is 1.44. The van der Waals surface area contributed by atoms with Gasteiger partial charge in [0, 0.05) is 25.7 Å². The highest BCUT2D eigenvalue weighted by Gasteiger charge is 2.10. The normalized spacial score (nSPS) is 15.0. The smallest absolute Gasteiger partial charge is 0.170 e. The van der Waals surface area contributed by atoms with E-state index < -0.39 is 0 Å². The number of anilines is 1. The molecule has 0 radical (unpaired) electrons. The molecule has 1 aliphatic rings. The van der Waals surface area contributed by atoms with E-state index in [2.05, 4.69) is 15.5 Å². The second-order valence-electron chi connectivity index (χ2n) is 5.25. The first-order valence-electron chi connectivity index (χ1n) is 7.80. The van der Waals surface area contributed by atoms with Gasteiger partial charge in [0.15, 0.2) is 5.11 Å². The van der Waals surface area contributed by atoms with Gasteiger partial charge in [-0.05, 0) is 37.3 Å². The van der Waals surface area contributed by atoms with E-state index in [1.54, 1.807) is 14.2 Å². The van der Waals surface area contributed by atoms with Crippen LogP contribution in [0.25, 0.3) is 0 Å². The number of rotatable bonds is 7. The predicted molar refractivity (Wildman–Crippen MR) is 95.6 cm³/mol. The zero-order chi connectivity index (χ0) is 16.5. The number of hydrogen-bond donors (Lipinski definition) is 2. The van der Waals surface area contributed by atoms with E-state index in [1.807, 2.05) is 18.2 Å². The highest BCUT2D eigenvalue weighted by Crippen LogP contribution is 2.28. The van der Waals surface area contributed by atoms with E-state index in [4.69, 9.17) is 26.4 Å². The second kappa shape index (κ2) is 9.54. The monoisotopic (exact) mass is 339 g/mol. The molecule has 128 valence electrons. The largest absolute Gasteiger partial charge is 0.497 e. The minimum Gasteiger partial charge on any atom is -0.497 e. The molecule has 1 saturated heterocycles. The Balaban J connectivity index is 1.71. The molecule has 23 heavy (non-hydrogen) atoms. The van der Waals surface area contributed by atoms with E-state index in [9.17, 15) is 0 Å². The van der Waals surface area contributed by atoms with E-state index in [1.165, 1.54) is 0 Å². The van der Waals surface area contributed by atoms with Crippen molar-refractivity contribution in [2.75, 3.05) is 58.9 Å². The van der Waals surface area contributed by atoms with Gasteiger partial charge in [-0.15, -0.1) is 0 Å². The molecule has 0 aliphatic carbocycles. The molecule has 0 amide bonds. The van der Waals surface area contributed by atoms with Gasteiger partial charge >= 0.3 is 0 Å². The van der Waals surface area contributed by atoms with Gasteiger partial charge in [0.25, 0.3) is 0 Å². The number of morpholine rings is 1. The van der Waals surface area contributed by atoms with Gasteiger partial charge in [-0.2, -0.15) is 0 Å². The Morgan fingerprint density at radius 1 is 1.26 bits per heavy atom. The van der Waals surface area contributed by atoms with Crippen molar-refractivity contribution in [2.24, 2.45) is 0 Å². The maximum absolute atomic E-state index is 5.35. The van der Waals surface area contributed by atoms with Gasteiger partial charge in [-0.3, -0.25) is 4.90 Å². The van der Waals surface area contributed by atoms with Crippen LogP contribution in [0.5, 0.6) is 11.5 Å². The minimum atomic E-state index is 0.593. The van der Waals surface area contributed by atoms with Gasteiger partial charge in [-0.25, -0.2) is 0 Å². The highest BCUT2D eigenvalue weighted by molar-refractivity contribution is 7.80. The number of methoxy groups -OCH3 is 2. The van der Waals surface area contributed by atoms with Crippen molar-refractivity contribution in [2.45, 2.75) is 6.42 Å². The van der Waals surface area contributed by atoms with Crippen LogP contribution in [0.1, 0.15) is 6.42 Å². The fourth-order valence-corrected chi connectivity index (χ4v) is 2.61. The van der Waals surface area contributed by atoms with Gasteiger partial charge in [0.2, 0.25) is 0 Å². The molecule has 0 atom stereocenters. The Labute approximate surface area is 143 Å². The summed E-state index contributed by atoms with van der Waals surface area (Å²) in [4.78, 5) is 2.41. The second-order valence-corrected chi connectivity index (χ2v) is 5.66. The fraction of sp³-hybridized carbons (Fsp3) is 0.562. The molecule has 2 rings (SSSR count). The van der Waals surface area contributed by atoms with Crippen LogP contribution < -0.4 is 20.1 Å². The molecule has 7 heteroatoms. The summed E-state index contributed by atoms with van der Waals surface area (Å²) in [6.45, 7) is 5.61. The maximum Gasteiger partial charge on any atom is 0.170 e. The molecule has 1 fully saturated rings. The molecule has 0 unspecified atom stereocenters. The lowest BCUT2D eigenvalue weighted by Crippen LogP contribution is -2.38. The molecular formula is C16H25N3O3S. The molecule has 0 saturated carbocycles. The Morgan fingerprint density at radius 2 is 2.04 bits per heavy atom. The number of nitrogens with one attached hydrogen (secondary N) is 2. The van der Waals surface area contributed by atoms with Crippen molar-refractivity contribution < 1.29 is 14.2 Å². The lowest BCUT2D eigenvalue weighted by molar-refractivity contribution is 0.0376. The Morgan fingerprint density at radius 3 is 2.74 bits per heavy atom. The third kappa shape index (κ3) is 5.85. The topological polar surface area (TPSA) is 55.0 Å². The number of thiocarbonyl (C=S) groups is 1. The standard InChI is InChI=1S/C16H25N3O3S/c1-20-13-4-5-14(15(12-13)21-2)18-16(23)17-6-3-7-19-8-10-22-11-9-19/h4-5,12H,3,6-11H2,1-2H3,(H2,17,18,23). The molecule has 6 nitrogen and oxygen atoms in total. The van der Waals surface area contributed by atoms with Crippen molar-refractivity contribution in [3.05, 3.63) is 18.2 Å². The first-order chi connectivity index (χ1) is 11.2. The highest BCUT2D eigenvalue weighted by atomic mass is 32.1. The third-order valence-electron chi connectivity index (χ3n) is 3.70. The number of nitrogens with zero attached hydrogens (tertiary/aromatic N) is 1. The van der Waals surface area contributed by atoms with E-state index in [0.717, 1.165) is 57.3 Å². The Bertz CT molecular complexity index is 507. The summed E-state index contributed by atoms with van der Waals surface area (Å²) in [7, 11) is 3.25. The van der Waals surface area contributed by atoms with E-state index >= 15 is 0 Å². The average Bonchev–Trinajstić information content (AvgIpc) is 2.60. The van der Waals surface area contributed by atoms with Gasteiger partial charge in [0.05, 0.1) is 33.1 Å². The van der Waals surface area contributed by atoms with Crippen molar-refractivity contribution in [1.29, 1.82) is 0 Å². The van der Waals surface area contributed by atoms with Crippen LogP contribution in [0, 0.1) is 0 Å². The van der Waals surface area contributed by atoms with Crippen molar-refractivity contribution >= 4 is 23.0 Å². The third-order valence-corrected chi connectivity index (χ3v) is 3.94. The number of ether oxygens (including phenoxy) is 3. The van der Waals surface area contributed by atoms with Crippen LogP contribution in [0.2, 0.25) is 0 Å². The van der Waals surface area contributed by atoms with E-state index in [-0.39, 0.29) is 0 Å². The van der Waals surface area contributed by atoms with Crippen LogP contribution in [0.15, 0.2) is 18.2 Å². The van der Waals surface area contributed by atoms with Gasteiger partial charge < -0.3 is 24.8 Å². The zero-order valence-electron chi connectivity index (χ0n) is 13.8. The molecular weight excluding hydrogens is 314 g/mol. The minimum absolute atomic E-state index is 0.593. The molecule has 0 spiro atoms. The first-order valence-corrected chi connectivity index (χ1v) is 8.20. The summed E-state index contributed by atoms with van der Waals surface area (Å²) in [5, 5.41) is 6.98. The molecule has 0 bridgehead atoms. The van der Waals surface area contributed by atoms with Crippen molar-refractivity contribution in [3.63, 3.8) is 0 Å². The molecule has 1 aromatic rings. The van der Waals surface area contributed by atoms with Crippen LogP contribution >= 0.6 is 12.2 Å². The van der Waals surface area contributed by atoms with Crippen LogP contribution in [0.3, 0.4) is 0 Å². The summed E-state index contributed by atoms with van der Waals surface area (Å²) >= 11 is 5.33. The van der Waals surface area contributed by atoms with Gasteiger partial charge in [-0.1, -0.05) is 0 Å². The summed E-state index contributed by atoms with van der Waals surface area (Å²) in [5.41, 5.74) is 0.818. The summed E-state index contributed by atoms with van der Waals surface area (Å²) in [6.07, 6.45) is 1.04. The predicted octanol–water partition coefficient (Wildman–Crippen LogP) is 1.71. The average molecular weight is 339 g/mol. The maximum atomic E-state index is 5.35. The van der Waals surface area contributed by atoms with Crippen LogP contribution in [0.4, 0.5) is 5.69 Å². The van der Waals surface area contributed by atoms with Gasteiger partial charge in [0.1, 0.15) is 11.5 Å². The van der Waals surface area contributed by atoms with Crippen molar-refractivity contribution in [3.8, 4) is 11.5 Å². The fourth-order valence-electron chi connectivity index (χ4n) is 2.40. The zero-order valence-corrected chi connectivity index (χ0v) is 14.6. The lowest BCUT2D eigenvalue weighted by Gasteiger charge is -2.26. The first kappa shape index (κ1) is 17.8. The number of hydrogen-bond acceptors (Lipinski definition) is 5. The molecule has 1 aromatic carbocycles. The molecule has 2 N–H and O–H groups in total. The number of benzene rings is 1.